The van der Waals surface area contributed by atoms with Crippen molar-refractivity contribution in [3.05, 3.63) is 53.6 Å². The van der Waals surface area contributed by atoms with E-state index in [0.717, 1.165) is 24.8 Å². The molecule has 1 aliphatic rings. The standard InChI is InChI=1S/C27H36N6O6S/c1-18-14-28-27(29-15-18)26(39-5)19(2)40(35,36)17-23-31-30-22(16-32-13-8-6-7-12-24(32)34)33(23)25-20(37-3)10-9-11-21(25)38-4/h9-11,14-15,19,26H,6-8,12-13,16-17H2,1-5H3/t19-,26-/m0/s1. The molecule has 0 radical (unpaired) electrons. The number of sulfone groups is 1. The first-order chi connectivity index (χ1) is 19.2. The van der Waals surface area contributed by atoms with Crippen LogP contribution in [-0.4, -0.2) is 77.1 Å². The van der Waals surface area contributed by atoms with Gasteiger partial charge in [-0.1, -0.05) is 12.5 Å². The third kappa shape index (κ3) is 6.25. The molecule has 1 aromatic carbocycles. The van der Waals surface area contributed by atoms with Crippen LogP contribution in [0.5, 0.6) is 11.5 Å². The fraction of sp³-hybridized carbons (Fsp3) is 0.519. The number of carbonyl (C=O) groups is 1. The van der Waals surface area contributed by atoms with Crippen LogP contribution in [-0.2, 0) is 31.7 Å². The largest absolute Gasteiger partial charge is 0.494 e. The topological polar surface area (TPSA) is 139 Å². The predicted octanol–water partition coefficient (Wildman–Crippen LogP) is 2.98. The van der Waals surface area contributed by atoms with Crippen molar-refractivity contribution in [3.63, 3.8) is 0 Å². The SMILES string of the molecule is COc1cccc(OC)c1-n1c(CN2CCCCCC2=O)nnc1CS(=O)(=O)[C@@H](C)[C@H](OC)c1ncc(C)cn1. The lowest BCUT2D eigenvalue weighted by atomic mass is 10.2. The summed E-state index contributed by atoms with van der Waals surface area (Å²) in [4.78, 5) is 23.1. The van der Waals surface area contributed by atoms with Gasteiger partial charge in [0.1, 0.15) is 29.0 Å². The van der Waals surface area contributed by atoms with Crippen LogP contribution in [0.2, 0.25) is 0 Å². The summed E-state index contributed by atoms with van der Waals surface area (Å²) < 4.78 is 46.0. The highest BCUT2D eigenvalue weighted by Gasteiger charge is 2.35. The van der Waals surface area contributed by atoms with Gasteiger partial charge in [-0.15, -0.1) is 10.2 Å². The number of hydrogen-bond donors (Lipinski definition) is 0. The van der Waals surface area contributed by atoms with E-state index in [-0.39, 0.29) is 24.1 Å². The molecule has 0 aliphatic carbocycles. The minimum Gasteiger partial charge on any atom is -0.494 e. The summed E-state index contributed by atoms with van der Waals surface area (Å²) in [6.45, 7) is 4.17. The molecular weight excluding hydrogens is 536 g/mol. The van der Waals surface area contributed by atoms with Crippen molar-refractivity contribution in [2.45, 2.75) is 63.2 Å². The average molecular weight is 573 g/mol. The molecule has 0 saturated carbocycles. The first kappa shape index (κ1) is 29.4. The smallest absolute Gasteiger partial charge is 0.222 e. The van der Waals surface area contributed by atoms with Crippen LogP contribution in [0.3, 0.4) is 0 Å². The number of aromatic nitrogens is 5. The van der Waals surface area contributed by atoms with Crippen molar-refractivity contribution in [3.8, 4) is 17.2 Å². The van der Waals surface area contributed by atoms with E-state index >= 15 is 0 Å². The number of ether oxygens (including phenoxy) is 3. The van der Waals surface area contributed by atoms with Crippen LogP contribution in [0.15, 0.2) is 30.6 Å². The Morgan fingerprint density at radius 2 is 1.62 bits per heavy atom. The van der Waals surface area contributed by atoms with Gasteiger partial charge in [0.15, 0.2) is 27.3 Å². The summed E-state index contributed by atoms with van der Waals surface area (Å²) in [6, 6.07) is 5.26. The summed E-state index contributed by atoms with van der Waals surface area (Å²) in [5, 5.41) is 7.67. The normalized spacial score (nSPS) is 15.9. The maximum absolute atomic E-state index is 13.8. The Labute approximate surface area is 234 Å². The second-order valence-corrected chi connectivity index (χ2v) is 12.2. The van der Waals surface area contributed by atoms with Gasteiger partial charge in [0.25, 0.3) is 0 Å². The van der Waals surface area contributed by atoms with Gasteiger partial charge in [-0.05, 0) is 44.4 Å². The van der Waals surface area contributed by atoms with Crippen LogP contribution >= 0.6 is 0 Å². The van der Waals surface area contributed by atoms with E-state index in [2.05, 4.69) is 20.2 Å². The Balaban J connectivity index is 1.77. The summed E-state index contributed by atoms with van der Waals surface area (Å²) >= 11 is 0. The van der Waals surface area contributed by atoms with E-state index in [0.29, 0.717) is 36.0 Å². The molecule has 1 aliphatic heterocycles. The predicted molar refractivity (Wildman–Crippen MR) is 147 cm³/mol. The molecule has 3 aromatic rings. The molecule has 216 valence electrons. The lowest BCUT2D eigenvalue weighted by Gasteiger charge is -2.23. The van der Waals surface area contributed by atoms with Crippen molar-refractivity contribution < 1.29 is 27.4 Å². The van der Waals surface area contributed by atoms with E-state index in [9.17, 15) is 13.2 Å². The number of carbonyl (C=O) groups excluding carboxylic acids is 1. The number of nitrogens with zero attached hydrogens (tertiary/aromatic N) is 6. The zero-order valence-corrected chi connectivity index (χ0v) is 24.3. The quantitative estimate of drug-likeness (QED) is 0.337. The fourth-order valence-corrected chi connectivity index (χ4v) is 6.21. The summed E-state index contributed by atoms with van der Waals surface area (Å²) in [7, 11) is 0.585. The van der Waals surface area contributed by atoms with E-state index in [4.69, 9.17) is 14.2 Å². The number of rotatable bonds is 11. The molecule has 12 nitrogen and oxygen atoms in total. The molecule has 0 spiro atoms. The Bertz CT molecular complexity index is 1400. The number of hydrogen-bond acceptors (Lipinski definition) is 10. The minimum absolute atomic E-state index is 0.0304. The first-order valence-electron chi connectivity index (χ1n) is 13.1. The van der Waals surface area contributed by atoms with Gasteiger partial charge in [-0.3, -0.25) is 9.36 Å². The number of likely N-dealkylation sites (tertiary alicyclic amines) is 1. The second kappa shape index (κ2) is 12.7. The highest BCUT2D eigenvalue weighted by molar-refractivity contribution is 7.91. The maximum atomic E-state index is 13.8. The van der Waals surface area contributed by atoms with Gasteiger partial charge in [-0.25, -0.2) is 18.4 Å². The van der Waals surface area contributed by atoms with Gasteiger partial charge in [0.05, 0.1) is 26.0 Å². The average Bonchev–Trinajstić information content (AvgIpc) is 3.20. The number of para-hydroxylation sites is 1. The molecule has 2 aromatic heterocycles. The molecule has 40 heavy (non-hydrogen) atoms. The molecular formula is C27H36N6O6S. The summed E-state index contributed by atoms with van der Waals surface area (Å²) in [5.41, 5.74) is 1.31. The van der Waals surface area contributed by atoms with Crippen molar-refractivity contribution in [1.29, 1.82) is 0 Å². The Hall–Kier alpha value is -3.58. The summed E-state index contributed by atoms with van der Waals surface area (Å²) in [6.07, 6.45) is 5.51. The van der Waals surface area contributed by atoms with Crippen molar-refractivity contribution in [2.24, 2.45) is 0 Å². The molecule has 1 amide bonds. The van der Waals surface area contributed by atoms with E-state index in [1.165, 1.54) is 21.3 Å². The van der Waals surface area contributed by atoms with Gasteiger partial charge < -0.3 is 19.1 Å². The number of amides is 1. The van der Waals surface area contributed by atoms with Crippen LogP contribution < -0.4 is 9.47 Å². The zero-order valence-electron chi connectivity index (χ0n) is 23.5. The van der Waals surface area contributed by atoms with Crippen molar-refractivity contribution >= 4 is 15.7 Å². The monoisotopic (exact) mass is 572 g/mol. The molecule has 0 bridgehead atoms. The van der Waals surface area contributed by atoms with Gasteiger partial charge in [0.2, 0.25) is 5.91 Å². The van der Waals surface area contributed by atoms with Gasteiger partial charge in [-0.2, -0.15) is 0 Å². The Morgan fingerprint density at radius 1 is 0.975 bits per heavy atom. The molecule has 1 fully saturated rings. The maximum Gasteiger partial charge on any atom is 0.222 e. The number of aryl methyl sites for hydroxylation is 1. The van der Waals surface area contributed by atoms with Crippen LogP contribution in [0.25, 0.3) is 5.69 Å². The summed E-state index contributed by atoms with van der Waals surface area (Å²) in [5.74, 6) is 1.30. The number of methoxy groups -OCH3 is 3. The molecule has 3 heterocycles. The highest BCUT2D eigenvalue weighted by Crippen LogP contribution is 2.35. The molecule has 4 rings (SSSR count). The third-order valence-electron chi connectivity index (χ3n) is 7.06. The number of benzene rings is 1. The van der Waals surface area contributed by atoms with Gasteiger partial charge >= 0.3 is 0 Å². The molecule has 0 unspecified atom stereocenters. The van der Waals surface area contributed by atoms with Crippen LogP contribution in [0.1, 0.15) is 61.7 Å². The van der Waals surface area contributed by atoms with E-state index in [1.807, 2.05) is 6.92 Å². The minimum atomic E-state index is -3.88. The lowest BCUT2D eigenvalue weighted by molar-refractivity contribution is -0.131. The van der Waals surface area contributed by atoms with Crippen molar-refractivity contribution in [1.82, 2.24) is 29.6 Å². The fourth-order valence-electron chi connectivity index (χ4n) is 4.79. The van der Waals surface area contributed by atoms with E-state index in [1.54, 1.807) is 47.0 Å². The molecule has 0 N–H and O–H groups in total. The Kier molecular flexibility index (Phi) is 9.36. The Morgan fingerprint density at radius 3 is 2.25 bits per heavy atom. The van der Waals surface area contributed by atoms with Crippen molar-refractivity contribution in [2.75, 3.05) is 27.9 Å². The van der Waals surface area contributed by atoms with Crippen LogP contribution in [0.4, 0.5) is 0 Å². The molecule has 2 atom stereocenters. The van der Waals surface area contributed by atoms with Gasteiger partial charge in [0, 0.05) is 32.5 Å². The lowest BCUT2D eigenvalue weighted by Crippen LogP contribution is -2.31. The highest BCUT2D eigenvalue weighted by atomic mass is 32.2. The first-order valence-corrected chi connectivity index (χ1v) is 14.9. The zero-order chi connectivity index (χ0) is 28.9. The molecule has 1 saturated heterocycles. The second-order valence-electron chi connectivity index (χ2n) is 9.79. The third-order valence-corrected chi connectivity index (χ3v) is 9.10. The van der Waals surface area contributed by atoms with E-state index < -0.39 is 26.9 Å². The molecule has 13 heteroatoms. The van der Waals surface area contributed by atoms with Crippen LogP contribution in [0, 0.1) is 6.92 Å².